The molecule has 33 heavy (non-hydrogen) atoms. The number of nitrogens with zero attached hydrogens (tertiary/aromatic N) is 3. The molecule has 0 aliphatic carbocycles. The molecule has 0 saturated heterocycles. The number of thiazole rings is 1. The van der Waals surface area contributed by atoms with Gasteiger partial charge in [-0.3, -0.25) is 14.7 Å². The average Bonchev–Trinajstić information content (AvgIpc) is 3.30. The summed E-state index contributed by atoms with van der Waals surface area (Å²) in [5.41, 5.74) is 3.42. The molecule has 2 aromatic carbocycles. The predicted octanol–water partition coefficient (Wildman–Crippen LogP) is 5.46. The molecule has 8 heteroatoms. The van der Waals surface area contributed by atoms with Gasteiger partial charge >= 0.3 is 0 Å². The van der Waals surface area contributed by atoms with Crippen molar-refractivity contribution in [3.8, 4) is 0 Å². The minimum Gasteiger partial charge on any atom is -0.347 e. The Balaban J connectivity index is 1.43. The highest BCUT2D eigenvalue weighted by Crippen LogP contribution is 2.19. The van der Waals surface area contributed by atoms with E-state index in [9.17, 15) is 9.18 Å². The van der Waals surface area contributed by atoms with Crippen LogP contribution >= 0.6 is 22.9 Å². The highest BCUT2D eigenvalue weighted by Gasteiger charge is 2.15. The van der Waals surface area contributed by atoms with Crippen molar-refractivity contribution >= 4 is 28.8 Å². The molecule has 0 saturated carbocycles. The second-order valence-corrected chi connectivity index (χ2v) is 8.95. The number of amides is 1. The lowest BCUT2D eigenvalue weighted by atomic mass is 10.1. The van der Waals surface area contributed by atoms with Gasteiger partial charge in [-0.2, -0.15) is 0 Å². The molecule has 2 aromatic heterocycles. The maximum absolute atomic E-state index is 13.3. The fourth-order valence-electron chi connectivity index (χ4n) is 3.32. The third-order valence-electron chi connectivity index (χ3n) is 4.96. The summed E-state index contributed by atoms with van der Waals surface area (Å²) in [6, 6.07) is 17.9. The topological polar surface area (TPSA) is 58.1 Å². The number of aromatic nitrogens is 2. The maximum Gasteiger partial charge on any atom is 0.271 e. The van der Waals surface area contributed by atoms with Gasteiger partial charge in [0, 0.05) is 42.4 Å². The van der Waals surface area contributed by atoms with Crippen molar-refractivity contribution in [3.63, 3.8) is 0 Å². The minimum absolute atomic E-state index is 0.218. The molecule has 5 nitrogen and oxygen atoms in total. The Morgan fingerprint density at radius 1 is 0.970 bits per heavy atom. The third kappa shape index (κ3) is 6.92. The summed E-state index contributed by atoms with van der Waals surface area (Å²) in [4.78, 5) is 23.3. The smallest absolute Gasteiger partial charge is 0.271 e. The van der Waals surface area contributed by atoms with Crippen LogP contribution in [-0.2, 0) is 26.2 Å². The quantitative estimate of drug-likeness (QED) is 0.345. The monoisotopic (exact) mass is 480 g/mol. The van der Waals surface area contributed by atoms with E-state index in [0.29, 0.717) is 36.9 Å². The Hall–Kier alpha value is -3.13. The molecule has 0 radical (unpaired) electrons. The number of benzene rings is 2. The van der Waals surface area contributed by atoms with Gasteiger partial charge in [-0.15, -0.1) is 11.3 Å². The molecule has 0 spiro atoms. The molecule has 0 fully saturated rings. The third-order valence-corrected chi connectivity index (χ3v) is 6.04. The van der Waals surface area contributed by atoms with Crippen molar-refractivity contribution in [2.24, 2.45) is 0 Å². The number of carbonyl (C=O) groups excluding carboxylic acids is 1. The van der Waals surface area contributed by atoms with Gasteiger partial charge in [-0.25, -0.2) is 9.37 Å². The van der Waals surface area contributed by atoms with Crippen molar-refractivity contribution in [3.05, 3.63) is 117 Å². The molecule has 0 aliphatic heterocycles. The molecule has 1 amide bonds. The highest BCUT2D eigenvalue weighted by atomic mass is 35.5. The predicted molar refractivity (Wildman–Crippen MR) is 128 cm³/mol. The number of halogens is 2. The maximum atomic E-state index is 13.3. The molecule has 0 bridgehead atoms. The zero-order valence-corrected chi connectivity index (χ0v) is 19.3. The molecule has 1 N–H and O–H groups in total. The average molecular weight is 481 g/mol. The van der Waals surface area contributed by atoms with Crippen LogP contribution < -0.4 is 5.32 Å². The van der Waals surface area contributed by atoms with Crippen LogP contribution in [-0.4, -0.2) is 20.8 Å². The number of carbonyl (C=O) groups is 1. The summed E-state index contributed by atoms with van der Waals surface area (Å²) in [6.07, 6.45) is 3.41. The van der Waals surface area contributed by atoms with Crippen molar-refractivity contribution in [2.75, 3.05) is 0 Å². The molecule has 2 heterocycles. The van der Waals surface area contributed by atoms with Crippen LogP contribution in [0.4, 0.5) is 4.39 Å². The Bertz CT molecular complexity index is 1140. The van der Waals surface area contributed by atoms with Gasteiger partial charge in [-0.05, 0) is 47.0 Å². The normalized spacial score (nSPS) is 11.0. The van der Waals surface area contributed by atoms with Crippen molar-refractivity contribution in [1.82, 2.24) is 20.2 Å². The molecule has 168 valence electrons. The van der Waals surface area contributed by atoms with Crippen LogP contribution in [0, 0.1) is 5.82 Å². The highest BCUT2D eigenvalue weighted by molar-refractivity contribution is 7.09. The van der Waals surface area contributed by atoms with E-state index in [1.165, 1.54) is 23.5 Å². The summed E-state index contributed by atoms with van der Waals surface area (Å²) in [5, 5.41) is 6.16. The molecule has 4 rings (SSSR count). The van der Waals surface area contributed by atoms with Crippen LogP contribution in [0.1, 0.15) is 32.2 Å². The second kappa shape index (κ2) is 11.1. The van der Waals surface area contributed by atoms with Crippen LogP contribution in [0.25, 0.3) is 0 Å². The van der Waals surface area contributed by atoms with Crippen LogP contribution in [0.15, 0.2) is 78.4 Å². The lowest BCUT2D eigenvalue weighted by Gasteiger charge is -2.21. The number of pyridine rings is 1. The molecule has 0 aliphatic rings. The Kier molecular flexibility index (Phi) is 7.78. The SMILES string of the molecule is O=C(NCc1cccnc1)c1csc(CN(Cc2ccc(F)cc2)Cc2ccc(Cl)cc2)n1. The first-order chi connectivity index (χ1) is 16.0. The van der Waals surface area contributed by atoms with Gasteiger partial charge in [0.15, 0.2) is 0 Å². The van der Waals surface area contributed by atoms with Crippen molar-refractivity contribution in [2.45, 2.75) is 26.2 Å². The van der Waals surface area contributed by atoms with Gasteiger partial charge in [0.2, 0.25) is 0 Å². The van der Waals surface area contributed by atoms with Gasteiger partial charge in [0.05, 0.1) is 6.54 Å². The van der Waals surface area contributed by atoms with E-state index in [2.05, 4.69) is 20.2 Å². The molecule has 4 aromatic rings. The summed E-state index contributed by atoms with van der Waals surface area (Å²) < 4.78 is 13.3. The number of hydrogen-bond acceptors (Lipinski definition) is 5. The lowest BCUT2D eigenvalue weighted by molar-refractivity contribution is 0.0946. The van der Waals surface area contributed by atoms with E-state index >= 15 is 0 Å². The van der Waals surface area contributed by atoms with E-state index < -0.39 is 0 Å². The van der Waals surface area contributed by atoms with Gasteiger partial charge in [0.1, 0.15) is 16.5 Å². The first kappa shape index (κ1) is 23.0. The number of nitrogens with one attached hydrogen (secondary N) is 1. The Morgan fingerprint density at radius 3 is 2.33 bits per heavy atom. The van der Waals surface area contributed by atoms with Gasteiger partial charge < -0.3 is 5.32 Å². The van der Waals surface area contributed by atoms with E-state index in [4.69, 9.17) is 11.6 Å². The summed E-state index contributed by atoms with van der Waals surface area (Å²) in [6.45, 7) is 2.23. The number of rotatable bonds is 9. The molecular weight excluding hydrogens is 459 g/mol. The fourth-order valence-corrected chi connectivity index (χ4v) is 4.26. The van der Waals surface area contributed by atoms with E-state index in [1.807, 2.05) is 36.4 Å². The van der Waals surface area contributed by atoms with E-state index in [0.717, 1.165) is 21.7 Å². The van der Waals surface area contributed by atoms with E-state index in [-0.39, 0.29) is 11.7 Å². The second-order valence-electron chi connectivity index (χ2n) is 7.57. The Morgan fingerprint density at radius 2 is 1.67 bits per heavy atom. The number of hydrogen-bond donors (Lipinski definition) is 1. The van der Waals surface area contributed by atoms with Crippen molar-refractivity contribution < 1.29 is 9.18 Å². The first-order valence-corrected chi connectivity index (χ1v) is 11.6. The van der Waals surface area contributed by atoms with E-state index in [1.54, 1.807) is 29.9 Å². The largest absolute Gasteiger partial charge is 0.347 e. The zero-order chi connectivity index (χ0) is 23.0. The fraction of sp³-hybridized carbons (Fsp3) is 0.160. The summed E-state index contributed by atoms with van der Waals surface area (Å²) >= 11 is 7.47. The van der Waals surface area contributed by atoms with Crippen LogP contribution in [0.5, 0.6) is 0 Å². The summed E-state index contributed by atoms with van der Waals surface area (Å²) in [5.74, 6) is -0.478. The lowest BCUT2D eigenvalue weighted by Crippen LogP contribution is -2.24. The van der Waals surface area contributed by atoms with Crippen LogP contribution in [0.2, 0.25) is 5.02 Å². The standard InChI is InChI=1S/C25H22ClFN4OS/c26-21-7-3-18(4-8-21)14-31(15-19-5-9-22(27)10-6-19)16-24-30-23(17-33-24)25(32)29-13-20-2-1-11-28-12-20/h1-12,17H,13-16H2,(H,29,32). The molecular formula is C25H22ClFN4OS. The Labute approximate surface area is 200 Å². The van der Waals surface area contributed by atoms with Gasteiger partial charge in [-0.1, -0.05) is 41.9 Å². The molecule has 0 atom stereocenters. The van der Waals surface area contributed by atoms with Crippen molar-refractivity contribution in [1.29, 1.82) is 0 Å². The first-order valence-electron chi connectivity index (χ1n) is 10.4. The van der Waals surface area contributed by atoms with Gasteiger partial charge in [0.25, 0.3) is 5.91 Å². The minimum atomic E-state index is -0.259. The summed E-state index contributed by atoms with van der Waals surface area (Å²) in [7, 11) is 0. The molecule has 0 unspecified atom stereocenters. The van der Waals surface area contributed by atoms with Crippen LogP contribution in [0.3, 0.4) is 0 Å². The zero-order valence-electron chi connectivity index (χ0n) is 17.7.